The zero-order valence-electron chi connectivity index (χ0n) is 9.85. The van der Waals surface area contributed by atoms with Gasteiger partial charge in [0.05, 0.1) is 25.7 Å². The number of hydrogen-bond donors (Lipinski definition) is 2. The van der Waals surface area contributed by atoms with Gasteiger partial charge in [0.2, 0.25) is 0 Å². The van der Waals surface area contributed by atoms with E-state index in [1.54, 1.807) is 12.0 Å². The quantitative estimate of drug-likeness (QED) is 0.639. The average molecular weight is 246 g/mol. The van der Waals surface area contributed by atoms with Crippen molar-refractivity contribution in [2.24, 2.45) is 0 Å². The molecule has 0 aromatic rings. The molecule has 0 aromatic carbocycles. The maximum absolute atomic E-state index is 11.7. The largest absolute Gasteiger partial charge is 0.481 e. The number of ether oxygens (including phenoxy) is 2. The number of aliphatic carboxylic acids is 1. The van der Waals surface area contributed by atoms with E-state index in [0.29, 0.717) is 32.8 Å². The van der Waals surface area contributed by atoms with Crippen molar-refractivity contribution in [2.75, 3.05) is 40.0 Å². The van der Waals surface area contributed by atoms with Crippen molar-refractivity contribution in [3.63, 3.8) is 0 Å². The van der Waals surface area contributed by atoms with E-state index in [-0.39, 0.29) is 12.5 Å². The fourth-order valence-electron chi connectivity index (χ4n) is 1.59. The third-order valence-corrected chi connectivity index (χ3v) is 2.41. The van der Waals surface area contributed by atoms with Crippen LogP contribution in [0, 0.1) is 0 Å². The summed E-state index contributed by atoms with van der Waals surface area (Å²) in [6.45, 7) is 2.06. The van der Waals surface area contributed by atoms with E-state index in [1.165, 1.54) is 0 Å². The smallest absolute Gasteiger partial charge is 0.317 e. The Morgan fingerprint density at radius 3 is 3.00 bits per heavy atom. The van der Waals surface area contributed by atoms with Crippen LogP contribution in [0.5, 0.6) is 0 Å². The molecule has 7 nitrogen and oxygen atoms in total. The first-order chi connectivity index (χ1) is 8.13. The fourth-order valence-corrected chi connectivity index (χ4v) is 1.59. The van der Waals surface area contributed by atoms with Gasteiger partial charge >= 0.3 is 12.0 Å². The van der Waals surface area contributed by atoms with Crippen molar-refractivity contribution in [3.8, 4) is 0 Å². The fraction of sp³-hybridized carbons (Fsp3) is 0.800. The first-order valence-electron chi connectivity index (χ1n) is 5.48. The summed E-state index contributed by atoms with van der Waals surface area (Å²) in [5, 5.41) is 11.3. The molecule has 2 amide bonds. The second kappa shape index (κ2) is 7.08. The molecule has 1 aliphatic rings. The summed E-state index contributed by atoms with van der Waals surface area (Å²) in [5.41, 5.74) is 0. The van der Waals surface area contributed by atoms with Gasteiger partial charge in [-0.3, -0.25) is 4.79 Å². The molecule has 1 aliphatic heterocycles. The Hall–Kier alpha value is -1.34. The Bertz CT molecular complexity index is 271. The van der Waals surface area contributed by atoms with Crippen LogP contribution < -0.4 is 5.32 Å². The van der Waals surface area contributed by atoms with Crippen LogP contribution in [0.1, 0.15) is 6.42 Å². The van der Waals surface area contributed by atoms with Gasteiger partial charge in [-0.2, -0.15) is 0 Å². The van der Waals surface area contributed by atoms with E-state index in [0.717, 1.165) is 0 Å². The number of methoxy groups -OCH3 is 1. The molecule has 1 fully saturated rings. The summed E-state index contributed by atoms with van der Waals surface area (Å²) in [6.07, 6.45) is -0.503. The number of carbonyl (C=O) groups excluding carboxylic acids is 1. The van der Waals surface area contributed by atoms with E-state index >= 15 is 0 Å². The number of carboxylic acids is 1. The minimum Gasteiger partial charge on any atom is -0.481 e. The Morgan fingerprint density at radius 2 is 2.35 bits per heavy atom. The van der Waals surface area contributed by atoms with Crippen molar-refractivity contribution in [3.05, 3.63) is 0 Å². The molecule has 0 spiro atoms. The number of nitrogens with zero attached hydrogens (tertiary/aromatic N) is 1. The summed E-state index contributed by atoms with van der Waals surface area (Å²) in [7, 11) is 1.56. The Balaban J connectivity index is 2.32. The van der Waals surface area contributed by atoms with Crippen LogP contribution in [-0.4, -0.2) is 68.1 Å². The van der Waals surface area contributed by atoms with Gasteiger partial charge < -0.3 is 24.8 Å². The molecule has 0 radical (unpaired) electrons. The number of urea groups is 1. The zero-order valence-corrected chi connectivity index (χ0v) is 9.85. The molecule has 0 aromatic heterocycles. The SMILES string of the molecule is COCCNC(=O)N1CCOC(CC(=O)O)C1. The van der Waals surface area contributed by atoms with Crippen LogP contribution in [0.15, 0.2) is 0 Å². The van der Waals surface area contributed by atoms with Crippen molar-refractivity contribution in [1.29, 1.82) is 0 Å². The molecule has 17 heavy (non-hydrogen) atoms. The van der Waals surface area contributed by atoms with E-state index in [4.69, 9.17) is 14.6 Å². The maximum atomic E-state index is 11.7. The third kappa shape index (κ3) is 5.01. The first-order valence-corrected chi connectivity index (χ1v) is 5.48. The molecule has 98 valence electrons. The highest BCUT2D eigenvalue weighted by Crippen LogP contribution is 2.08. The van der Waals surface area contributed by atoms with Gasteiger partial charge in [-0.25, -0.2) is 4.79 Å². The van der Waals surface area contributed by atoms with Gasteiger partial charge in [0.1, 0.15) is 0 Å². The molecule has 1 unspecified atom stereocenters. The average Bonchev–Trinajstić information content (AvgIpc) is 2.28. The lowest BCUT2D eigenvalue weighted by Crippen LogP contribution is -2.50. The normalized spacial score (nSPS) is 20.1. The van der Waals surface area contributed by atoms with Crippen molar-refractivity contribution < 1.29 is 24.2 Å². The molecule has 0 saturated carbocycles. The Labute approximate surface area is 99.7 Å². The molecular weight excluding hydrogens is 228 g/mol. The summed E-state index contributed by atoms with van der Waals surface area (Å²) in [4.78, 5) is 23.8. The molecule has 7 heteroatoms. The summed E-state index contributed by atoms with van der Waals surface area (Å²) >= 11 is 0. The van der Waals surface area contributed by atoms with Gasteiger partial charge in [-0.05, 0) is 0 Å². The Kier molecular flexibility index (Phi) is 5.71. The maximum Gasteiger partial charge on any atom is 0.317 e. The second-order valence-electron chi connectivity index (χ2n) is 3.76. The monoisotopic (exact) mass is 246 g/mol. The summed E-state index contributed by atoms with van der Waals surface area (Å²) in [6, 6.07) is -0.208. The minimum absolute atomic E-state index is 0.0815. The van der Waals surface area contributed by atoms with Gasteiger partial charge in [-0.15, -0.1) is 0 Å². The number of nitrogens with one attached hydrogen (secondary N) is 1. The predicted octanol–water partition coefficient (Wildman–Crippen LogP) is -0.482. The van der Waals surface area contributed by atoms with Gasteiger partial charge in [0, 0.05) is 26.7 Å². The summed E-state index contributed by atoms with van der Waals surface area (Å²) < 4.78 is 10.1. The first kappa shape index (κ1) is 13.7. The van der Waals surface area contributed by atoms with Gasteiger partial charge in [-0.1, -0.05) is 0 Å². The minimum atomic E-state index is -0.920. The second-order valence-corrected chi connectivity index (χ2v) is 3.76. The number of carboxylic acid groups (broad SMARTS) is 1. The van der Waals surface area contributed by atoms with Crippen molar-refractivity contribution in [1.82, 2.24) is 10.2 Å². The Morgan fingerprint density at radius 1 is 1.59 bits per heavy atom. The van der Waals surface area contributed by atoms with Crippen LogP contribution in [0.2, 0.25) is 0 Å². The van der Waals surface area contributed by atoms with Crippen LogP contribution in [0.4, 0.5) is 4.79 Å². The highest BCUT2D eigenvalue weighted by atomic mass is 16.5. The van der Waals surface area contributed by atoms with Gasteiger partial charge in [0.25, 0.3) is 0 Å². The standard InChI is InChI=1S/C10H18N2O5/c1-16-4-2-11-10(15)12-3-5-17-8(7-12)6-9(13)14/h8H,2-7H2,1H3,(H,11,15)(H,13,14). The van der Waals surface area contributed by atoms with E-state index < -0.39 is 12.1 Å². The molecule has 0 aliphatic carbocycles. The highest BCUT2D eigenvalue weighted by molar-refractivity contribution is 5.74. The van der Waals surface area contributed by atoms with Crippen LogP contribution in [0.3, 0.4) is 0 Å². The predicted molar refractivity (Wildman–Crippen MR) is 58.8 cm³/mol. The molecule has 0 bridgehead atoms. The van der Waals surface area contributed by atoms with Crippen LogP contribution in [0.25, 0.3) is 0 Å². The molecule has 1 atom stereocenters. The van der Waals surface area contributed by atoms with Crippen LogP contribution >= 0.6 is 0 Å². The van der Waals surface area contributed by atoms with Crippen molar-refractivity contribution in [2.45, 2.75) is 12.5 Å². The zero-order chi connectivity index (χ0) is 12.7. The summed E-state index contributed by atoms with van der Waals surface area (Å²) in [5.74, 6) is -0.920. The number of rotatable bonds is 5. The molecule has 2 N–H and O–H groups in total. The molecule has 1 saturated heterocycles. The highest BCUT2D eigenvalue weighted by Gasteiger charge is 2.25. The lowest BCUT2D eigenvalue weighted by molar-refractivity contribution is -0.141. The topological polar surface area (TPSA) is 88.1 Å². The lowest BCUT2D eigenvalue weighted by Gasteiger charge is -2.32. The van der Waals surface area contributed by atoms with E-state index in [9.17, 15) is 9.59 Å². The van der Waals surface area contributed by atoms with Crippen molar-refractivity contribution >= 4 is 12.0 Å². The number of hydrogen-bond acceptors (Lipinski definition) is 4. The number of morpholine rings is 1. The number of amides is 2. The number of carbonyl (C=O) groups is 2. The molecule has 1 heterocycles. The van der Waals surface area contributed by atoms with Crippen LogP contribution in [-0.2, 0) is 14.3 Å². The van der Waals surface area contributed by atoms with E-state index in [2.05, 4.69) is 5.32 Å². The van der Waals surface area contributed by atoms with Gasteiger partial charge in [0.15, 0.2) is 0 Å². The lowest BCUT2D eigenvalue weighted by atomic mass is 10.2. The third-order valence-electron chi connectivity index (χ3n) is 2.41. The van der Waals surface area contributed by atoms with E-state index in [1.807, 2.05) is 0 Å². The molecule has 1 rings (SSSR count). The molecular formula is C10H18N2O5.